The Balaban J connectivity index is 1.59. The molecule has 22 nitrogen and oxygen atoms in total. The molecule has 4 bridgehead atoms. The molecule has 5 rings (SSSR count). The van der Waals surface area contributed by atoms with Gasteiger partial charge in [0.15, 0.2) is 12.2 Å². The summed E-state index contributed by atoms with van der Waals surface area (Å²) in [7, 11) is 2.64. The number of benzene rings is 2. The van der Waals surface area contributed by atoms with Crippen molar-refractivity contribution in [1.29, 1.82) is 0 Å². The summed E-state index contributed by atoms with van der Waals surface area (Å²) in [4.78, 5) is 114. The van der Waals surface area contributed by atoms with Crippen LogP contribution in [0.25, 0.3) is 0 Å². The van der Waals surface area contributed by atoms with Crippen molar-refractivity contribution in [2.45, 2.75) is 179 Å². The Morgan fingerprint density at radius 2 is 0.855 bits per heavy atom. The van der Waals surface area contributed by atoms with Crippen molar-refractivity contribution in [3.8, 4) is 0 Å². The van der Waals surface area contributed by atoms with Gasteiger partial charge in [-0.2, -0.15) is 0 Å². The van der Waals surface area contributed by atoms with Crippen molar-refractivity contribution >= 4 is 47.6 Å². The van der Waals surface area contributed by atoms with Crippen molar-refractivity contribution in [1.82, 2.24) is 42.5 Å². The highest BCUT2D eigenvalue weighted by Gasteiger charge is 2.52. The van der Waals surface area contributed by atoms with Crippen LogP contribution in [0.5, 0.6) is 0 Å². The van der Waals surface area contributed by atoms with Crippen LogP contribution in [-0.2, 0) is 70.0 Å². The number of carbonyl (C=O) groups excluding carboxylic acids is 8. The smallest absolute Gasteiger partial charge is 0.408 e. The summed E-state index contributed by atoms with van der Waals surface area (Å²) in [5, 5.41) is 22.5. The van der Waals surface area contributed by atoms with Gasteiger partial charge in [0.2, 0.25) is 23.6 Å². The van der Waals surface area contributed by atoms with Crippen LogP contribution < -0.4 is 42.5 Å². The average Bonchev–Trinajstić information content (AvgIpc) is 3.86. The molecule has 0 aromatic heterocycles. The third kappa shape index (κ3) is 17.9. The van der Waals surface area contributed by atoms with Crippen LogP contribution in [0.1, 0.15) is 93.2 Å². The Morgan fingerprint density at radius 1 is 0.526 bits per heavy atom. The zero-order chi connectivity index (χ0) is 56.1. The molecule has 420 valence electrons. The van der Waals surface area contributed by atoms with E-state index in [1.807, 2.05) is 27.7 Å². The molecule has 3 aliphatic rings. The molecule has 0 saturated carbocycles. The van der Waals surface area contributed by atoms with E-state index < -0.39 is 132 Å². The number of nitrogens with one attached hydrogen (secondary N) is 8. The minimum Gasteiger partial charge on any atom is -0.444 e. The molecule has 2 aromatic rings. The lowest BCUT2D eigenvalue weighted by atomic mass is 9.99. The Morgan fingerprint density at radius 3 is 1.16 bits per heavy atom. The number of methoxy groups -OCH3 is 2. The predicted octanol–water partition coefficient (Wildman–Crippen LogP) is 2.10. The first-order valence-corrected chi connectivity index (χ1v) is 26.0. The maximum absolute atomic E-state index is 14.6. The maximum Gasteiger partial charge on any atom is 0.408 e. The van der Waals surface area contributed by atoms with E-state index in [0.717, 1.165) is 0 Å². The summed E-state index contributed by atoms with van der Waals surface area (Å²) in [6, 6.07) is 10.6. The molecule has 3 fully saturated rings. The molecule has 3 heterocycles. The highest BCUT2D eigenvalue weighted by molar-refractivity contribution is 5.95. The zero-order valence-corrected chi connectivity index (χ0v) is 45.8. The molecule has 3 aliphatic heterocycles. The highest BCUT2D eigenvalue weighted by atomic mass is 16.6. The lowest BCUT2D eigenvalue weighted by Gasteiger charge is -2.28. The number of alkyl carbamates (subject to hydrolysis) is 2. The van der Waals surface area contributed by atoms with Gasteiger partial charge < -0.3 is 71.0 Å². The van der Waals surface area contributed by atoms with Crippen LogP contribution in [0.15, 0.2) is 60.7 Å². The number of carbonyl (C=O) groups is 8. The quantitative estimate of drug-likeness (QED) is 0.151. The van der Waals surface area contributed by atoms with E-state index in [-0.39, 0.29) is 50.6 Å². The lowest BCUT2D eigenvalue weighted by Crippen LogP contribution is -2.59. The van der Waals surface area contributed by atoms with Gasteiger partial charge in [0, 0.05) is 40.2 Å². The van der Waals surface area contributed by atoms with Gasteiger partial charge in [-0.25, -0.2) is 9.59 Å². The van der Waals surface area contributed by atoms with Crippen LogP contribution in [0.3, 0.4) is 0 Å². The molecule has 12 atom stereocenters. The Kier molecular flexibility index (Phi) is 21.6. The van der Waals surface area contributed by atoms with Gasteiger partial charge in [0.1, 0.15) is 47.6 Å². The molecular formula is C54H80N8O14. The summed E-state index contributed by atoms with van der Waals surface area (Å²) in [6.07, 6.45) is -9.08. The number of fused-ring (bicyclic) bond motifs is 4. The van der Waals surface area contributed by atoms with Gasteiger partial charge in [0.05, 0.1) is 24.3 Å². The maximum atomic E-state index is 14.6. The second kappa shape index (κ2) is 27.1. The molecule has 3 saturated heterocycles. The Bertz CT molecular complexity index is 2150. The van der Waals surface area contributed by atoms with Gasteiger partial charge in [-0.1, -0.05) is 88.4 Å². The first kappa shape index (κ1) is 60.5. The standard InChI is InChI=1S/C54H80N8O14/c1-29(2)23-33-45(63)55-27-37-39(61-51(69)75-53(5,6)7)41(71-11)44(73-37)50(68)60-36(26-32-21-17-14-18-22-32)48(66)58-34(24-30(3)4)46(64)56-28-38-40(62-52(70)76-54(8,9)10)42(72-12)43(74-38)49(67)59-35(47(65)57-33)25-31-19-15-13-16-20-31/h13-22,29-30,33-44H,23-28H2,1-12H3,(H,55,63)(H,56,64)(H,57,65)(H,58,66)(H,59,67)(H,60,68)(H,61,69)(H,62,70)/t33-,34-,35-,36-,37+,38+,39+,40+,41+,42+,43+,44+/m0/s1. The van der Waals surface area contributed by atoms with Gasteiger partial charge in [0.25, 0.3) is 11.8 Å². The SMILES string of the molecule is CO[C@@H]1[C@H](NC(=O)OC(C)(C)C)[C@H]2CNC(=O)[C@H](CC(C)C)NC(=O)[C@H](Cc3ccccc3)NC(=O)[C@@H]3O[C@H](CNC(=O)[C@H](CC(C)C)NC(=O)[C@H](Cc4ccccc4)NC(=O)[C@@H]1O2)[C@@H](NC(=O)OC(C)(C)C)[C@H]3OC. The fourth-order valence-corrected chi connectivity index (χ4v) is 9.28. The fraction of sp³-hybridized carbons (Fsp3) is 0.630. The predicted molar refractivity (Wildman–Crippen MR) is 278 cm³/mol. The lowest BCUT2D eigenvalue weighted by molar-refractivity contribution is -0.141. The first-order chi connectivity index (χ1) is 35.7. The highest BCUT2D eigenvalue weighted by Crippen LogP contribution is 2.27. The van der Waals surface area contributed by atoms with Crippen molar-refractivity contribution in [2.24, 2.45) is 11.8 Å². The zero-order valence-electron chi connectivity index (χ0n) is 45.8. The molecule has 2 aromatic carbocycles. The second-order valence-corrected chi connectivity index (χ2v) is 22.3. The van der Waals surface area contributed by atoms with Crippen LogP contribution in [0.2, 0.25) is 0 Å². The number of hydrogen-bond donors (Lipinski definition) is 8. The molecule has 22 heteroatoms. The van der Waals surface area contributed by atoms with Crippen LogP contribution in [0, 0.1) is 11.8 Å². The molecule has 0 radical (unpaired) electrons. The Labute approximate surface area is 445 Å². The third-order valence-electron chi connectivity index (χ3n) is 12.6. The molecular weight excluding hydrogens is 985 g/mol. The van der Waals surface area contributed by atoms with E-state index in [2.05, 4.69) is 42.5 Å². The minimum atomic E-state index is -1.47. The fourth-order valence-electron chi connectivity index (χ4n) is 9.28. The minimum absolute atomic E-state index is 0.0250. The second-order valence-electron chi connectivity index (χ2n) is 22.3. The van der Waals surface area contributed by atoms with E-state index in [0.29, 0.717) is 11.1 Å². The van der Waals surface area contributed by atoms with Gasteiger partial charge in [-0.3, -0.25) is 28.8 Å². The van der Waals surface area contributed by atoms with Crippen molar-refractivity contribution < 1.29 is 66.8 Å². The van der Waals surface area contributed by atoms with Gasteiger partial charge in [-0.05, 0) is 77.3 Å². The molecule has 8 N–H and O–H groups in total. The summed E-state index contributed by atoms with van der Waals surface area (Å²) < 4.78 is 35.6. The molecule has 8 amide bonds. The molecule has 0 aliphatic carbocycles. The molecule has 0 unspecified atom stereocenters. The number of amides is 8. The third-order valence-corrected chi connectivity index (χ3v) is 12.6. The van der Waals surface area contributed by atoms with Crippen LogP contribution >= 0.6 is 0 Å². The summed E-state index contributed by atoms with van der Waals surface area (Å²) >= 11 is 0. The molecule has 76 heavy (non-hydrogen) atoms. The van der Waals surface area contributed by atoms with E-state index in [4.69, 9.17) is 28.4 Å². The summed E-state index contributed by atoms with van der Waals surface area (Å²) in [5.74, 6) is -4.58. The van der Waals surface area contributed by atoms with E-state index in [1.165, 1.54) is 14.2 Å². The number of ether oxygens (including phenoxy) is 6. The van der Waals surface area contributed by atoms with E-state index >= 15 is 0 Å². The summed E-state index contributed by atoms with van der Waals surface area (Å²) in [6.45, 7) is 16.9. The van der Waals surface area contributed by atoms with Gasteiger partial charge in [-0.15, -0.1) is 0 Å². The monoisotopic (exact) mass is 1060 g/mol. The van der Waals surface area contributed by atoms with Crippen molar-refractivity contribution in [3.05, 3.63) is 71.8 Å². The van der Waals surface area contributed by atoms with Crippen LogP contribution in [-0.4, -0.2) is 159 Å². The van der Waals surface area contributed by atoms with Crippen molar-refractivity contribution in [2.75, 3.05) is 27.3 Å². The van der Waals surface area contributed by atoms with E-state index in [9.17, 15) is 38.4 Å². The molecule has 0 spiro atoms. The average molecular weight is 1070 g/mol. The van der Waals surface area contributed by atoms with Gasteiger partial charge >= 0.3 is 12.2 Å². The normalized spacial score (nSPS) is 28.4. The summed E-state index contributed by atoms with van der Waals surface area (Å²) in [5.41, 5.74) is -0.507. The number of rotatable bonds is 12. The number of hydrogen-bond acceptors (Lipinski definition) is 14. The Hall–Kier alpha value is -6.36. The van der Waals surface area contributed by atoms with Crippen molar-refractivity contribution in [3.63, 3.8) is 0 Å². The van der Waals surface area contributed by atoms with Crippen LogP contribution in [0.4, 0.5) is 9.59 Å². The first-order valence-electron chi connectivity index (χ1n) is 26.0. The largest absolute Gasteiger partial charge is 0.444 e. The topological polar surface area (TPSA) is 288 Å². The van der Waals surface area contributed by atoms with E-state index in [1.54, 1.807) is 102 Å².